The minimum Gasteiger partial charge on any atom is -0.382 e. The molecule has 3 heterocycles. The van der Waals surface area contributed by atoms with Crippen molar-refractivity contribution < 1.29 is 0 Å². The first-order valence-electron chi connectivity index (χ1n) is 9.16. The van der Waals surface area contributed by atoms with Gasteiger partial charge in [0.25, 0.3) is 0 Å². The van der Waals surface area contributed by atoms with Crippen LogP contribution in [0.2, 0.25) is 5.15 Å². The molecule has 2 N–H and O–H groups in total. The molecule has 2 aliphatic rings. The van der Waals surface area contributed by atoms with Gasteiger partial charge in [-0.15, -0.1) is 5.10 Å². The molecule has 0 bridgehead atoms. The molecule has 2 aromatic rings. The van der Waals surface area contributed by atoms with Crippen molar-refractivity contribution in [1.82, 2.24) is 25.3 Å². The summed E-state index contributed by atoms with van der Waals surface area (Å²) in [7, 11) is 0. The molecule has 2 fully saturated rings. The lowest BCUT2D eigenvalue weighted by molar-refractivity contribution is 0.446. The van der Waals surface area contributed by atoms with Gasteiger partial charge in [0.2, 0.25) is 0 Å². The molecule has 3 unspecified atom stereocenters. The molecular weight excluding hydrogens is 336 g/mol. The Morgan fingerprint density at radius 3 is 2.92 bits per heavy atom. The van der Waals surface area contributed by atoms with Gasteiger partial charge < -0.3 is 10.6 Å². The fraction of sp³-hybridized carbons (Fsp3) is 0.611. The zero-order chi connectivity index (χ0) is 17.4. The summed E-state index contributed by atoms with van der Waals surface area (Å²) < 4.78 is 1.93. The van der Waals surface area contributed by atoms with E-state index < -0.39 is 0 Å². The maximum absolute atomic E-state index is 6.11. The van der Waals surface area contributed by atoms with Gasteiger partial charge in [0, 0.05) is 42.6 Å². The summed E-state index contributed by atoms with van der Waals surface area (Å²) in [5.74, 6) is 1.43. The number of aryl methyl sites for hydroxylation is 1. The Hall–Kier alpha value is -1.66. The first kappa shape index (κ1) is 16.8. The van der Waals surface area contributed by atoms with Crippen molar-refractivity contribution in [3.8, 4) is 11.3 Å². The minimum atomic E-state index is 0.430. The molecular formula is C18H25ClN6. The zero-order valence-corrected chi connectivity index (χ0v) is 15.5. The molecule has 3 atom stereocenters. The third-order valence-corrected chi connectivity index (χ3v) is 5.54. The number of nitrogens with zero attached hydrogens (tertiary/aromatic N) is 4. The normalized spacial score (nSPS) is 21.8. The van der Waals surface area contributed by atoms with Crippen molar-refractivity contribution in [2.24, 2.45) is 11.8 Å². The van der Waals surface area contributed by atoms with Gasteiger partial charge in [-0.3, -0.25) is 4.68 Å². The molecule has 0 aromatic carbocycles. The van der Waals surface area contributed by atoms with Crippen molar-refractivity contribution >= 4 is 17.3 Å². The Labute approximate surface area is 153 Å². The van der Waals surface area contributed by atoms with Crippen LogP contribution in [0, 0.1) is 11.8 Å². The van der Waals surface area contributed by atoms with Crippen molar-refractivity contribution in [1.29, 1.82) is 0 Å². The van der Waals surface area contributed by atoms with Crippen LogP contribution in [0.25, 0.3) is 11.3 Å². The van der Waals surface area contributed by atoms with Gasteiger partial charge in [0.1, 0.15) is 10.8 Å². The lowest BCUT2D eigenvalue weighted by Gasteiger charge is -2.16. The van der Waals surface area contributed by atoms with Crippen LogP contribution in [0.15, 0.2) is 18.5 Å². The standard InChI is InChI=1S/C18H25ClN6/c1-11(16-9-20-16)5-6-25-10-17(23-24-25)14-8-21-18(19)7-15(14)22-12(2)13-3-4-13/h7-8,10-13,16,20H,3-6,9H2,1-2H3,(H,21,22). The molecule has 1 saturated carbocycles. The Balaban J connectivity index is 1.48. The molecule has 6 nitrogen and oxygen atoms in total. The van der Waals surface area contributed by atoms with E-state index in [1.54, 1.807) is 6.20 Å². The van der Waals surface area contributed by atoms with Crippen molar-refractivity contribution in [2.75, 3.05) is 11.9 Å². The van der Waals surface area contributed by atoms with Gasteiger partial charge in [-0.1, -0.05) is 23.7 Å². The molecule has 2 aromatic heterocycles. The van der Waals surface area contributed by atoms with Gasteiger partial charge in [0.05, 0.1) is 6.20 Å². The monoisotopic (exact) mass is 360 g/mol. The number of anilines is 1. The molecule has 1 aliphatic heterocycles. The second kappa shape index (κ2) is 6.92. The third-order valence-electron chi connectivity index (χ3n) is 5.34. The van der Waals surface area contributed by atoms with E-state index in [0.717, 1.165) is 42.4 Å². The van der Waals surface area contributed by atoms with E-state index in [0.29, 0.717) is 23.2 Å². The van der Waals surface area contributed by atoms with Gasteiger partial charge in [-0.2, -0.15) is 0 Å². The third kappa shape index (κ3) is 4.12. The van der Waals surface area contributed by atoms with E-state index >= 15 is 0 Å². The molecule has 134 valence electrons. The smallest absolute Gasteiger partial charge is 0.131 e. The van der Waals surface area contributed by atoms with Crippen molar-refractivity contribution in [3.63, 3.8) is 0 Å². The summed E-state index contributed by atoms with van der Waals surface area (Å²) in [6.07, 6.45) is 7.49. The predicted octanol–water partition coefficient (Wildman–Crippen LogP) is 3.20. The first-order chi connectivity index (χ1) is 12.1. The van der Waals surface area contributed by atoms with E-state index in [1.165, 1.54) is 12.8 Å². The summed E-state index contributed by atoms with van der Waals surface area (Å²) in [6, 6.07) is 3.00. The Morgan fingerprint density at radius 1 is 1.40 bits per heavy atom. The second-order valence-corrected chi connectivity index (χ2v) is 7.86. The van der Waals surface area contributed by atoms with Gasteiger partial charge in [-0.25, -0.2) is 4.98 Å². The highest BCUT2D eigenvalue weighted by atomic mass is 35.5. The predicted molar refractivity (Wildman–Crippen MR) is 99.6 cm³/mol. The summed E-state index contributed by atoms with van der Waals surface area (Å²) >= 11 is 6.11. The van der Waals surface area contributed by atoms with Gasteiger partial charge >= 0.3 is 0 Å². The molecule has 1 saturated heterocycles. The van der Waals surface area contributed by atoms with E-state index in [1.807, 2.05) is 16.9 Å². The number of rotatable bonds is 8. The number of halogens is 1. The Morgan fingerprint density at radius 2 is 2.20 bits per heavy atom. The fourth-order valence-corrected chi connectivity index (χ4v) is 3.41. The van der Waals surface area contributed by atoms with Crippen LogP contribution in [0.5, 0.6) is 0 Å². The maximum Gasteiger partial charge on any atom is 0.131 e. The van der Waals surface area contributed by atoms with Crippen LogP contribution in [-0.4, -0.2) is 38.6 Å². The van der Waals surface area contributed by atoms with Gasteiger partial charge in [0.15, 0.2) is 0 Å². The Bertz CT molecular complexity index is 737. The van der Waals surface area contributed by atoms with Crippen LogP contribution in [-0.2, 0) is 6.54 Å². The fourth-order valence-electron chi connectivity index (χ4n) is 3.25. The molecule has 0 amide bonds. The number of hydrogen-bond donors (Lipinski definition) is 2. The summed E-state index contributed by atoms with van der Waals surface area (Å²) in [5.41, 5.74) is 2.79. The highest BCUT2D eigenvalue weighted by Crippen LogP contribution is 2.36. The molecule has 0 spiro atoms. The lowest BCUT2D eigenvalue weighted by atomic mass is 10.0. The lowest BCUT2D eigenvalue weighted by Crippen LogP contribution is -2.17. The molecule has 1 aliphatic carbocycles. The maximum atomic E-state index is 6.11. The van der Waals surface area contributed by atoms with Crippen molar-refractivity contribution in [2.45, 2.75) is 51.7 Å². The molecule has 0 radical (unpaired) electrons. The van der Waals surface area contributed by atoms with Crippen LogP contribution < -0.4 is 10.6 Å². The number of aromatic nitrogens is 4. The molecule has 25 heavy (non-hydrogen) atoms. The molecule has 4 rings (SSSR count). The second-order valence-electron chi connectivity index (χ2n) is 7.47. The van der Waals surface area contributed by atoms with Gasteiger partial charge in [-0.05, 0) is 44.1 Å². The number of nitrogens with one attached hydrogen (secondary N) is 2. The highest BCUT2D eigenvalue weighted by Gasteiger charge is 2.29. The minimum absolute atomic E-state index is 0.430. The zero-order valence-electron chi connectivity index (χ0n) is 14.7. The van der Waals surface area contributed by atoms with Crippen LogP contribution >= 0.6 is 11.6 Å². The van der Waals surface area contributed by atoms with Crippen molar-refractivity contribution in [3.05, 3.63) is 23.6 Å². The SMILES string of the molecule is CC(CCn1cc(-c2cnc(Cl)cc2NC(C)C2CC2)nn1)C1CN1. The van der Waals surface area contributed by atoms with E-state index in [9.17, 15) is 0 Å². The van der Waals surface area contributed by atoms with Crippen LogP contribution in [0.1, 0.15) is 33.1 Å². The largest absolute Gasteiger partial charge is 0.382 e. The van der Waals surface area contributed by atoms with E-state index in [2.05, 4.69) is 39.8 Å². The average Bonchev–Trinajstić information content (AvgIpc) is 3.50. The summed E-state index contributed by atoms with van der Waals surface area (Å²) in [4.78, 5) is 4.24. The number of hydrogen-bond acceptors (Lipinski definition) is 5. The average molecular weight is 361 g/mol. The molecule has 7 heteroatoms. The summed E-state index contributed by atoms with van der Waals surface area (Å²) in [5, 5.41) is 16.1. The number of pyridine rings is 1. The first-order valence-corrected chi connectivity index (χ1v) is 9.54. The van der Waals surface area contributed by atoms with E-state index in [-0.39, 0.29) is 0 Å². The van der Waals surface area contributed by atoms with Crippen LogP contribution in [0.3, 0.4) is 0 Å². The highest BCUT2D eigenvalue weighted by molar-refractivity contribution is 6.29. The summed E-state index contributed by atoms with van der Waals surface area (Å²) in [6.45, 7) is 6.54. The van der Waals surface area contributed by atoms with E-state index in [4.69, 9.17) is 11.6 Å². The quantitative estimate of drug-likeness (QED) is 0.558. The Kier molecular flexibility index (Phi) is 4.65. The topological polar surface area (TPSA) is 77.6 Å². The van der Waals surface area contributed by atoms with Crippen LogP contribution in [0.4, 0.5) is 5.69 Å².